The van der Waals surface area contributed by atoms with Crippen LogP contribution in [0.1, 0.15) is 13.6 Å². The van der Waals surface area contributed by atoms with E-state index in [1.165, 1.54) is 21.1 Å². The first-order valence-corrected chi connectivity index (χ1v) is 12.2. The molecule has 0 radical (unpaired) electrons. The van der Waals surface area contributed by atoms with Gasteiger partial charge in [-0.15, -0.1) is 5.10 Å². The molecule has 2 aliphatic heterocycles. The monoisotopic (exact) mass is 534 g/mol. The van der Waals surface area contributed by atoms with E-state index in [0.29, 0.717) is 40.0 Å². The molecule has 6 rings (SSSR count). The number of rotatable bonds is 7. The van der Waals surface area contributed by atoms with Crippen LogP contribution in [0.25, 0.3) is 27.7 Å². The van der Waals surface area contributed by atoms with Gasteiger partial charge in [0.25, 0.3) is 12.3 Å². The largest absolute Gasteiger partial charge is 0.479 e. The summed E-state index contributed by atoms with van der Waals surface area (Å²) in [4.78, 5) is 10.2. The topological polar surface area (TPSA) is 81.7 Å². The third kappa shape index (κ3) is 4.33. The number of nitrogens with one attached hydrogen (secondary N) is 1. The van der Waals surface area contributed by atoms with E-state index in [9.17, 15) is 8.78 Å². The lowest BCUT2D eigenvalue weighted by atomic mass is 9.98. The molecular formula is C25H27F4N7O2. The van der Waals surface area contributed by atoms with E-state index in [-0.39, 0.29) is 31.5 Å². The van der Waals surface area contributed by atoms with E-state index >= 15 is 8.78 Å². The van der Waals surface area contributed by atoms with Crippen LogP contribution in [0.2, 0.25) is 0 Å². The Balaban J connectivity index is 1.30. The quantitative estimate of drug-likeness (QED) is 0.361. The Hall–Kier alpha value is -3.45. The highest BCUT2D eigenvalue weighted by Crippen LogP contribution is 2.35. The van der Waals surface area contributed by atoms with Crippen LogP contribution in [-0.2, 0) is 11.3 Å². The molecule has 1 aromatic carbocycles. The van der Waals surface area contributed by atoms with E-state index in [4.69, 9.17) is 10.8 Å². The Kier molecular flexibility index (Phi) is 5.84. The van der Waals surface area contributed by atoms with Crippen molar-refractivity contribution in [1.29, 1.82) is 0 Å². The number of likely N-dealkylation sites (tertiary alicyclic amines) is 1. The summed E-state index contributed by atoms with van der Waals surface area (Å²) in [6.45, 7) is 1.21. The molecule has 0 saturated carbocycles. The van der Waals surface area contributed by atoms with Crippen LogP contribution >= 0.6 is 0 Å². The number of ether oxygens (including phenoxy) is 2. The van der Waals surface area contributed by atoms with Crippen LogP contribution in [0.4, 0.5) is 23.5 Å². The summed E-state index contributed by atoms with van der Waals surface area (Å²) in [5, 5.41) is 7.17. The Morgan fingerprint density at radius 1 is 1.26 bits per heavy atom. The molecule has 2 fully saturated rings. The Morgan fingerprint density at radius 2 is 2.08 bits per heavy atom. The van der Waals surface area contributed by atoms with Gasteiger partial charge in [-0.25, -0.2) is 27.1 Å². The SMILES string of the molecule is [2H]C1(N2CCC(Nc3nc(OC)c4c(-c5ccc6nc(C)n(CC(F)F)c6c5)ccn4n3)C(F)(F)C2)COC1. The number of aryl methyl sites for hydroxylation is 1. The van der Waals surface area contributed by atoms with Gasteiger partial charge in [0.15, 0.2) is 0 Å². The molecule has 9 nitrogen and oxygen atoms in total. The second kappa shape index (κ2) is 9.38. The highest BCUT2D eigenvalue weighted by molar-refractivity contribution is 5.89. The van der Waals surface area contributed by atoms with Gasteiger partial charge in [-0.1, -0.05) is 6.07 Å². The van der Waals surface area contributed by atoms with Crippen molar-refractivity contribution in [3.8, 4) is 17.0 Å². The minimum absolute atomic E-state index is 0.0201. The van der Waals surface area contributed by atoms with Gasteiger partial charge in [0.05, 0.1) is 57.9 Å². The lowest BCUT2D eigenvalue weighted by molar-refractivity contribution is -0.131. The first-order chi connectivity index (χ1) is 18.6. The van der Waals surface area contributed by atoms with Crippen LogP contribution in [0.15, 0.2) is 30.5 Å². The van der Waals surface area contributed by atoms with E-state index < -0.39 is 37.5 Å². The smallest absolute Gasteiger partial charge is 0.280 e. The second-order valence-electron chi connectivity index (χ2n) is 9.56. The molecule has 13 heteroatoms. The predicted octanol–water partition coefficient (Wildman–Crippen LogP) is 3.85. The molecule has 2 aliphatic rings. The molecule has 1 atom stereocenters. The molecule has 0 amide bonds. The fraction of sp³-hybridized carbons (Fsp3) is 0.480. The zero-order valence-electron chi connectivity index (χ0n) is 21.8. The maximum absolute atomic E-state index is 15.1. The van der Waals surface area contributed by atoms with Crippen LogP contribution < -0.4 is 10.1 Å². The van der Waals surface area contributed by atoms with Gasteiger partial charge in [-0.05, 0) is 37.1 Å². The zero-order chi connectivity index (χ0) is 27.5. The first-order valence-electron chi connectivity index (χ1n) is 12.7. The van der Waals surface area contributed by atoms with Crippen molar-refractivity contribution in [3.63, 3.8) is 0 Å². The fourth-order valence-electron chi connectivity index (χ4n) is 5.13. The molecule has 38 heavy (non-hydrogen) atoms. The molecule has 3 aromatic heterocycles. The molecule has 2 saturated heterocycles. The first kappa shape index (κ1) is 23.7. The summed E-state index contributed by atoms with van der Waals surface area (Å²) in [6, 6.07) is 4.81. The van der Waals surface area contributed by atoms with E-state index in [0.717, 1.165) is 0 Å². The fourth-order valence-corrected chi connectivity index (χ4v) is 5.13. The molecule has 202 valence electrons. The average Bonchev–Trinajstić information content (AvgIpc) is 3.43. The summed E-state index contributed by atoms with van der Waals surface area (Å²) in [5.74, 6) is -2.48. The van der Waals surface area contributed by atoms with Crippen molar-refractivity contribution in [3.05, 3.63) is 36.3 Å². The molecule has 0 bridgehead atoms. The predicted molar refractivity (Wildman–Crippen MR) is 132 cm³/mol. The zero-order valence-corrected chi connectivity index (χ0v) is 20.8. The minimum Gasteiger partial charge on any atom is -0.479 e. The number of imidazole rings is 1. The van der Waals surface area contributed by atoms with E-state index in [1.807, 2.05) is 6.07 Å². The number of alkyl halides is 4. The summed E-state index contributed by atoms with van der Waals surface area (Å²) in [5.41, 5.74) is 3.07. The van der Waals surface area contributed by atoms with Crippen LogP contribution in [0.3, 0.4) is 0 Å². The number of methoxy groups -OCH3 is 1. The second-order valence-corrected chi connectivity index (χ2v) is 9.56. The summed E-state index contributed by atoms with van der Waals surface area (Å²) in [7, 11) is 1.43. The van der Waals surface area contributed by atoms with Gasteiger partial charge in [0.2, 0.25) is 11.8 Å². The summed E-state index contributed by atoms with van der Waals surface area (Å²) >= 11 is 0. The lowest BCUT2D eigenvalue weighted by Gasteiger charge is -2.44. The van der Waals surface area contributed by atoms with Gasteiger partial charge in [0, 0.05) is 18.3 Å². The van der Waals surface area contributed by atoms with Crippen molar-refractivity contribution >= 4 is 22.5 Å². The number of hydrogen-bond donors (Lipinski definition) is 1. The van der Waals surface area contributed by atoms with Crippen molar-refractivity contribution in [1.82, 2.24) is 29.0 Å². The highest BCUT2D eigenvalue weighted by atomic mass is 19.3. The summed E-state index contributed by atoms with van der Waals surface area (Å²) < 4.78 is 78.4. The molecule has 1 N–H and O–H groups in total. The Morgan fingerprint density at radius 3 is 2.76 bits per heavy atom. The number of fused-ring (bicyclic) bond motifs is 2. The Labute approximate surface area is 216 Å². The standard InChI is InChI=1S/C25H27F4N7O2/c1-14-30-18-4-3-15(9-19(18)35(14)10-21(26)27)17-5-8-36-22(17)23(37-2)32-24(33-36)31-20-6-7-34(13-25(20,28)29)16-11-38-12-16/h3-5,8-9,16,20-21H,6-7,10-13H2,1-2H3,(H,31,33)/i16D. The molecule has 5 heterocycles. The van der Waals surface area contributed by atoms with Gasteiger partial charge in [0.1, 0.15) is 11.3 Å². The van der Waals surface area contributed by atoms with Crippen LogP contribution in [0.5, 0.6) is 5.88 Å². The van der Waals surface area contributed by atoms with E-state index in [1.54, 1.807) is 31.3 Å². The number of benzene rings is 1. The third-order valence-corrected chi connectivity index (χ3v) is 7.13. The lowest BCUT2D eigenvalue weighted by Crippen LogP contribution is -2.61. The minimum atomic E-state index is -3.12. The van der Waals surface area contributed by atoms with Gasteiger partial charge in [-0.2, -0.15) is 4.98 Å². The summed E-state index contributed by atoms with van der Waals surface area (Å²) in [6.07, 6.45) is -0.771. The normalized spacial score (nSPS) is 21.6. The third-order valence-electron chi connectivity index (χ3n) is 7.13. The number of anilines is 1. The average molecular weight is 535 g/mol. The number of piperidine rings is 1. The molecule has 0 aliphatic carbocycles. The Bertz CT molecular complexity index is 1540. The number of nitrogens with zero attached hydrogens (tertiary/aromatic N) is 6. The van der Waals surface area contributed by atoms with Crippen LogP contribution in [-0.4, -0.2) is 86.9 Å². The highest BCUT2D eigenvalue weighted by Gasteiger charge is 2.47. The molecule has 1 unspecified atom stereocenters. The molecule has 4 aromatic rings. The number of hydrogen-bond acceptors (Lipinski definition) is 7. The van der Waals surface area contributed by atoms with Gasteiger partial charge >= 0.3 is 0 Å². The number of aromatic nitrogens is 5. The van der Waals surface area contributed by atoms with Gasteiger partial charge < -0.3 is 19.4 Å². The van der Waals surface area contributed by atoms with Crippen molar-refractivity contribution < 1.29 is 28.4 Å². The maximum Gasteiger partial charge on any atom is 0.280 e. The molecule has 0 spiro atoms. The van der Waals surface area contributed by atoms with Crippen molar-refractivity contribution in [2.75, 3.05) is 38.7 Å². The van der Waals surface area contributed by atoms with Crippen molar-refractivity contribution in [2.45, 2.75) is 44.3 Å². The molecular weight excluding hydrogens is 506 g/mol. The van der Waals surface area contributed by atoms with Crippen LogP contribution in [0, 0.1) is 6.92 Å². The van der Waals surface area contributed by atoms with Gasteiger partial charge in [-0.3, -0.25) is 4.90 Å². The van der Waals surface area contributed by atoms with Crippen molar-refractivity contribution in [2.24, 2.45) is 0 Å². The maximum atomic E-state index is 15.1. The number of halogens is 4. The van der Waals surface area contributed by atoms with E-state index in [2.05, 4.69) is 20.4 Å².